The Kier molecular flexibility index (Phi) is 4.09. The van der Waals surface area contributed by atoms with Crippen LogP contribution >= 0.6 is 0 Å². The van der Waals surface area contributed by atoms with Crippen LogP contribution in [0.25, 0.3) is 0 Å². The van der Waals surface area contributed by atoms with Crippen LogP contribution < -0.4 is 5.73 Å². The molecule has 0 aliphatic carbocycles. The lowest BCUT2D eigenvalue weighted by molar-refractivity contribution is 0.159. The van der Waals surface area contributed by atoms with Crippen molar-refractivity contribution in [3.05, 3.63) is 70.8 Å². The number of nitrogens with two attached hydrogens (primary N) is 1. The zero-order chi connectivity index (χ0) is 14.8. The normalized spacial score (nSPS) is 18.0. The second-order valence-corrected chi connectivity index (χ2v) is 6.15. The highest BCUT2D eigenvalue weighted by Crippen LogP contribution is 2.31. The first kappa shape index (κ1) is 14.3. The predicted octanol–water partition coefficient (Wildman–Crippen LogP) is 3.44. The summed E-state index contributed by atoms with van der Waals surface area (Å²) in [6, 6.07) is 17.8. The fourth-order valence-electron chi connectivity index (χ4n) is 3.49. The Balaban J connectivity index is 1.92. The Morgan fingerprint density at radius 2 is 1.67 bits per heavy atom. The van der Waals surface area contributed by atoms with Gasteiger partial charge in [-0.25, -0.2) is 0 Å². The molecule has 0 spiro atoms. The van der Waals surface area contributed by atoms with Crippen molar-refractivity contribution in [2.75, 3.05) is 6.54 Å². The van der Waals surface area contributed by atoms with Crippen molar-refractivity contribution < 1.29 is 0 Å². The second kappa shape index (κ2) is 6.00. The molecule has 1 aliphatic heterocycles. The fourth-order valence-corrected chi connectivity index (χ4v) is 3.49. The standard InChI is InChI=1S/C19H24N2/c1-14-7-3-6-10-18(14)19(15(2)20)21-12-11-16-8-4-5-9-17(16)13-21/h3-10,15,19H,11-13,20H2,1-2H3. The molecule has 3 rings (SSSR count). The Morgan fingerprint density at radius 3 is 2.38 bits per heavy atom. The molecule has 1 aliphatic rings. The van der Waals surface area contributed by atoms with E-state index in [1.54, 1.807) is 0 Å². The van der Waals surface area contributed by atoms with Crippen LogP contribution in [0, 0.1) is 6.92 Å². The topological polar surface area (TPSA) is 29.3 Å². The second-order valence-electron chi connectivity index (χ2n) is 6.15. The molecule has 0 amide bonds. The largest absolute Gasteiger partial charge is 0.326 e. The summed E-state index contributed by atoms with van der Waals surface area (Å²) in [5.41, 5.74) is 12.0. The minimum Gasteiger partial charge on any atom is -0.326 e. The summed E-state index contributed by atoms with van der Waals surface area (Å²) in [7, 11) is 0. The number of nitrogens with zero attached hydrogens (tertiary/aromatic N) is 1. The van der Waals surface area contributed by atoms with Gasteiger partial charge in [0.15, 0.2) is 0 Å². The number of fused-ring (bicyclic) bond motifs is 1. The van der Waals surface area contributed by atoms with Crippen molar-refractivity contribution in [1.29, 1.82) is 0 Å². The van der Waals surface area contributed by atoms with Crippen LogP contribution in [0.3, 0.4) is 0 Å². The minimum atomic E-state index is 0.122. The molecule has 0 fully saturated rings. The van der Waals surface area contributed by atoms with Gasteiger partial charge in [0, 0.05) is 19.1 Å². The van der Waals surface area contributed by atoms with Crippen LogP contribution in [0.1, 0.15) is 35.2 Å². The van der Waals surface area contributed by atoms with E-state index >= 15 is 0 Å². The summed E-state index contributed by atoms with van der Waals surface area (Å²) < 4.78 is 0. The average Bonchev–Trinajstić information content (AvgIpc) is 2.49. The molecule has 0 saturated carbocycles. The monoisotopic (exact) mass is 280 g/mol. The molecule has 2 unspecified atom stereocenters. The van der Waals surface area contributed by atoms with Gasteiger partial charge in [0.2, 0.25) is 0 Å². The highest BCUT2D eigenvalue weighted by atomic mass is 15.2. The maximum absolute atomic E-state index is 6.35. The molecular weight excluding hydrogens is 256 g/mol. The quantitative estimate of drug-likeness (QED) is 0.933. The number of rotatable bonds is 3. The van der Waals surface area contributed by atoms with Crippen LogP contribution in [0.4, 0.5) is 0 Å². The van der Waals surface area contributed by atoms with Gasteiger partial charge in [0.05, 0.1) is 6.04 Å². The summed E-state index contributed by atoms with van der Waals surface area (Å²) in [6.07, 6.45) is 1.12. The number of hydrogen-bond acceptors (Lipinski definition) is 2. The molecular formula is C19H24N2. The van der Waals surface area contributed by atoms with Crippen molar-refractivity contribution in [1.82, 2.24) is 4.90 Å². The minimum absolute atomic E-state index is 0.122. The summed E-state index contributed by atoms with van der Waals surface area (Å²) in [5, 5.41) is 0. The molecule has 0 saturated heterocycles. The molecule has 2 heteroatoms. The third kappa shape index (κ3) is 2.87. The number of hydrogen-bond donors (Lipinski definition) is 1. The van der Waals surface area contributed by atoms with E-state index in [0.29, 0.717) is 6.04 Å². The lowest BCUT2D eigenvalue weighted by Crippen LogP contribution is -2.42. The Labute approximate surface area is 127 Å². The first-order valence-corrected chi connectivity index (χ1v) is 7.79. The maximum Gasteiger partial charge on any atom is 0.0502 e. The maximum atomic E-state index is 6.35. The van der Waals surface area contributed by atoms with Crippen molar-refractivity contribution in [3.8, 4) is 0 Å². The molecule has 0 radical (unpaired) electrons. The SMILES string of the molecule is Cc1ccccc1C(C(C)N)N1CCc2ccccc2C1. The van der Waals surface area contributed by atoms with Gasteiger partial charge in [-0.3, -0.25) is 4.90 Å². The Morgan fingerprint density at radius 1 is 1.00 bits per heavy atom. The molecule has 2 aromatic rings. The van der Waals surface area contributed by atoms with Gasteiger partial charge in [0.1, 0.15) is 0 Å². The van der Waals surface area contributed by atoms with E-state index in [1.165, 1.54) is 22.3 Å². The van der Waals surface area contributed by atoms with Crippen LogP contribution in [0.2, 0.25) is 0 Å². The van der Waals surface area contributed by atoms with Gasteiger partial charge in [-0.05, 0) is 42.5 Å². The average molecular weight is 280 g/mol. The van der Waals surface area contributed by atoms with Crippen molar-refractivity contribution >= 4 is 0 Å². The fraction of sp³-hybridized carbons (Fsp3) is 0.368. The smallest absolute Gasteiger partial charge is 0.0502 e. The van der Waals surface area contributed by atoms with Gasteiger partial charge < -0.3 is 5.73 Å². The van der Waals surface area contributed by atoms with Crippen LogP contribution in [0.5, 0.6) is 0 Å². The third-order valence-corrected chi connectivity index (χ3v) is 4.56. The lowest BCUT2D eigenvalue weighted by Gasteiger charge is -2.38. The zero-order valence-electron chi connectivity index (χ0n) is 12.9. The summed E-state index contributed by atoms with van der Waals surface area (Å²) in [5.74, 6) is 0. The van der Waals surface area contributed by atoms with Crippen LogP contribution in [0.15, 0.2) is 48.5 Å². The Hall–Kier alpha value is -1.64. The first-order valence-electron chi connectivity index (χ1n) is 7.79. The molecule has 2 aromatic carbocycles. The van der Waals surface area contributed by atoms with Crippen LogP contribution in [-0.4, -0.2) is 17.5 Å². The van der Waals surface area contributed by atoms with Gasteiger partial charge in [-0.1, -0.05) is 48.5 Å². The number of benzene rings is 2. The summed E-state index contributed by atoms with van der Waals surface area (Å²) in [4.78, 5) is 2.54. The van der Waals surface area contributed by atoms with Crippen LogP contribution in [-0.2, 0) is 13.0 Å². The highest BCUT2D eigenvalue weighted by molar-refractivity contribution is 5.33. The van der Waals surface area contributed by atoms with Gasteiger partial charge >= 0.3 is 0 Å². The van der Waals surface area contributed by atoms with E-state index in [2.05, 4.69) is 67.3 Å². The Bertz CT molecular complexity index is 618. The number of aryl methyl sites for hydroxylation is 1. The molecule has 21 heavy (non-hydrogen) atoms. The predicted molar refractivity (Wildman–Crippen MR) is 88.1 cm³/mol. The molecule has 2 nitrogen and oxygen atoms in total. The highest BCUT2D eigenvalue weighted by Gasteiger charge is 2.28. The molecule has 2 N–H and O–H groups in total. The van der Waals surface area contributed by atoms with Gasteiger partial charge in [0.25, 0.3) is 0 Å². The van der Waals surface area contributed by atoms with Gasteiger partial charge in [-0.15, -0.1) is 0 Å². The van der Waals surface area contributed by atoms with E-state index in [4.69, 9.17) is 5.73 Å². The van der Waals surface area contributed by atoms with E-state index in [-0.39, 0.29) is 6.04 Å². The van der Waals surface area contributed by atoms with E-state index in [9.17, 15) is 0 Å². The summed E-state index contributed by atoms with van der Waals surface area (Å²) >= 11 is 0. The van der Waals surface area contributed by atoms with E-state index < -0.39 is 0 Å². The van der Waals surface area contributed by atoms with Crippen molar-refractivity contribution in [2.24, 2.45) is 5.73 Å². The third-order valence-electron chi connectivity index (χ3n) is 4.56. The van der Waals surface area contributed by atoms with Gasteiger partial charge in [-0.2, -0.15) is 0 Å². The zero-order valence-corrected chi connectivity index (χ0v) is 12.9. The van der Waals surface area contributed by atoms with E-state index in [0.717, 1.165) is 19.5 Å². The molecule has 1 heterocycles. The molecule has 0 bridgehead atoms. The molecule has 0 aromatic heterocycles. The van der Waals surface area contributed by atoms with Crippen molar-refractivity contribution in [3.63, 3.8) is 0 Å². The first-order chi connectivity index (χ1) is 10.2. The van der Waals surface area contributed by atoms with Crippen molar-refractivity contribution in [2.45, 2.75) is 38.9 Å². The molecule has 110 valence electrons. The summed E-state index contributed by atoms with van der Waals surface area (Å²) in [6.45, 7) is 6.38. The molecule has 2 atom stereocenters. The lowest BCUT2D eigenvalue weighted by atomic mass is 9.91. The van der Waals surface area contributed by atoms with E-state index in [1.807, 2.05) is 0 Å².